The minimum Gasteiger partial charge on any atom is -0.420 e. The van der Waals surface area contributed by atoms with Crippen molar-refractivity contribution in [2.45, 2.75) is 20.0 Å². The molecule has 3 heteroatoms. The van der Waals surface area contributed by atoms with Crippen molar-refractivity contribution in [3.8, 4) is 0 Å². The lowest BCUT2D eigenvalue weighted by molar-refractivity contribution is 0.255. The molecule has 0 aromatic heterocycles. The van der Waals surface area contributed by atoms with Crippen molar-refractivity contribution in [1.29, 1.82) is 0 Å². The molecular weight excluding hydrogens is 118 g/mol. The van der Waals surface area contributed by atoms with E-state index in [1.54, 1.807) is 0 Å². The predicted octanol–water partition coefficient (Wildman–Crippen LogP) is -0.328. The van der Waals surface area contributed by atoms with Crippen LogP contribution in [0.1, 0.15) is 13.8 Å². The zero-order chi connectivity index (χ0) is 6.41. The van der Waals surface area contributed by atoms with Gasteiger partial charge < -0.3 is 9.74 Å². The first kappa shape index (κ1) is 8.14. The van der Waals surface area contributed by atoms with E-state index in [4.69, 9.17) is 4.43 Å². The lowest BCUT2D eigenvalue weighted by Crippen LogP contribution is -2.20. The highest BCUT2D eigenvalue weighted by Gasteiger charge is 1.89. The number of nitrogens with one attached hydrogen (secondary N) is 1. The van der Waals surface area contributed by atoms with E-state index in [0.29, 0.717) is 6.10 Å². The van der Waals surface area contributed by atoms with Gasteiger partial charge in [0.2, 0.25) is 0 Å². The molecule has 0 amide bonds. The highest BCUT2D eigenvalue weighted by atomic mass is 28.2. The lowest BCUT2D eigenvalue weighted by Gasteiger charge is -2.04. The number of hydrogen-bond acceptors (Lipinski definition) is 2. The van der Waals surface area contributed by atoms with Crippen LogP contribution in [0.15, 0.2) is 0 Å². The van der Waals surface area contributed by atoms with E-state index >= 15 is 0 Å². The molecule has 0 aliphatic heterocycles. The molecule has 8 heavy (non-hydrogen) atoms. The summed E-state index contributed by atoms with van der Waals surface area (Å²) in [6.45, 7) is 4.14. The van der Waals surface area contributed by atoms with Crippen LogP contribution in [0, 0.1) is 0 Å². The number of hydrogen-bond donors (Lipinski definition) is 1. The van der Waals surface area contributed by atoms with Crippen LogP contribution in [0.4, 0.5) is 0 Å². The van der Waals surface area contributed by atoms with Gasteiger partial charge in [0.05, 0.1) is 0 Å². The average Bonchev–Trinajstić information content (AvgIpc) is 1.66. The van der Waals surface area contributed by atoms with E-state index in [9.17, 15) is 0 Å². The Morgan fingerprint density at radius 3 is 2.62 bits per heavy atom. The van der Waals surface area contributed by atoms with Gasteiger partial charge in [-0.25, -0.2) is 0 Å². The third-order valence-corrected chi connectivity index (χ3v) is 2.41. The quantitative estimate of drug-likeness (QED) is 0.419. The molecule has 0 unspecified atom stereocenters. The molecule has 0 aromatic rings. The molecule has 0 bridgehead atoms. The molecule has 50 valence electrons. The van der Waals surface area contributed by atoms with Crippen LogP contribution in [0.3, 0.4) is 0 Å². The second-order valence-electron chi connectivity index (χ2n) is 2.02. The third kappa shape index (κ3) is 6.14. The van der Waals surface area contributed by atoms with Crippen LogP contribution < -0.4 is 5.32 Å². The highest BCUT2D eigenvalue weighted by molar-refractivity contribution is 6.27. The minimum atomic E-state index is -0.247. The Morgan fingerprint density at radius 1 is 1.62 bits per heavy atom. The molecule has 0 rings (SSSR count). The van der Waals surface area contributed by atoms with E-state index in [0.717, 1.165) is 6.17 Å². The highest BCUT2D eigenvalue weighted by Crippen LogP contribution is 1.81. The summed E-state index contributed by atoms with van der Waals surface area (Å²) in [6.07, 6.45) is 1.51. The van der Waals surface area contributed by atoms with E-state index < -0.39 is 0 Å². The molecule has 0 spiro atoms. The maximum atomic E-state index is 5.36. The summed E-state index contributed by atoms with van der Waals surface area (Å²) in [5, 5.41) is 3.06. The van der Waals surface area contributed by atoms with Crippen molar-refractivity contribution in [3.63, 3.8) is 0 Å². The molecule has 0 aliphatic rings. The Morgan fingerprint density at radius 2 is 2.25 bits per heavy atom. The van der Waals surface area contributed by atoms with Gasteiger partial charge in [0.25, 0.3) is 0 Å². The first-order valence-corrected chi connectivity index (χ1v) is 4.61. The monoisotopic (exact) mass is 133 g/mol. The summed E-state index contributed by atoms with van der Waals surface area (Å²) in [4.78, 5) is 0. The smallest absolute Gasteiger partial charge is 0.175 e. The summed E-state index contributed by atoms with van der Waals surface area (Å²) < 4.78 is 5.36. The lowest BCUT2D eigenvalue weighted by atomic mass is 10.5. The zero-order valence-electron chi connectivity index (χ0n) is 5.90. The minimum absolute atomic E-state index is 0.247. The summed E-state index contributed by atoms with van der Waals surface area (Å²) in [5.74, 6) is 0. The van der Waals surface area contributed by atoms with E-state index in [-0.39, 0.29) is 9.76 Å². The maximum absolute atomic E-state index is 5.36. The van der Waals surface area contributed by atoms with Crippen molar-refractivity contribution in [1.82, 2.24) is 5.32 Å². The van der Waals surface area contributed by atoms with Crippen molar-refractivity contribution in [3.05, 3.63) is 0 Å². The van der Waals surface area contributed by atoms with Crippen LogP contribution in [0.25, 0.3) is 0 Å². The fraction of sp³-hybridized carbons (Fsp3) is 1.00. The predicted molar refractivity (Wildman–Crippen MR) is 38.7 cm³/mol. The molecule has 0 fully saturated rings. The van der Waals surface area contributed by atoms with Gasteiger partial charge in [-0.15, -0.1) is 0 Å². The van der Waals surface area contributed by atoms with Crippen molar-refractivity contribution in [2.24, 2.45) is 0 Å². The molecule has 1 N–H and O–H groups in total. The Kier molecular flexibility index (Phi) is 5.37. The fourth-order valence-corrected chi connectivity index (χ4v) is 1.19. The first-order valence-electron chi connectivity index (χ1n) is 3.03. The van der Waals surface area contributed by atoms with Gasteiger partial charge in [-0.3, -0.25) is 0 Å². The molecule has 0 saturated heterocycles. The third-order valence-electron chi connectivity index (χ3n) is 0.803. The van der Waals surface area contributed by atoms with Gasteiger partial charge in [-0.05, 0) is 20.9 Å². The summed E-state index contributed by atoms with van der Waals surface area (Å²) in [5.41, 5.74) is 0. The van der Waals surface area contributed by atoms with Crippen LogP contribution in [-0.2, 0) is 4.43 Å². The van der Waals surface area contributed by atoms with E-state index in [1.807, 2.05) is 7.05 Å². The number of rotatable bonds is 4. The Hall–Kier alpha value is 0.137. The molecule has 2 nitrogen and oxygen atoms in total. The first-order chi connectivity index (χ1) is 3.77. The molecule has 0 saturated carbocycles. The maximum Gasteiger partial charge on any atom is 0.175 e. The molecule has 0 radical (unpaired) electrons. The van der Waals surface area contributed by atoms with Gasteiger partial charge in [0.1, 0.15) is 0 Å². The zero-order valence-corrected chi connectivity index (χ0v) is 7.31. The molecule has 0 aliphatic carbocycles. The van der Waals surface area contributed by atoms with Gasteiger partial charge >= 0.3 is 0 Å². The largest absolute Gasteiger partial charge is 0.420 e. The second-order valence-corrected chi connectivity index (χ2v) is 3.26. The van der Waals surface area contributed by atoms with Gasteiger partial charge in [-0.2, -0.15) is 0 Å². The second kappa shape index (κ2) is 5.28. The van der Waals surface area contributed by atoms with Crippen molar-refractivity contribution < 1.29 is 4.43 Å². The topological polar surface area (TPSA) is 21.3 Å². The summed E-state index contributed by atoms with van der Waals surface area (Å²) in [7, 11) is 1.71. The summed E-state index contributed by atoms with van der Waals surface area (Å²) in [6, 6.07) is 0. The average molecular weight is 133 g/mol. The summed E-state index contributed by atoms with van der Waals surface area (Å²) >= 11 is 0. The van der Waals surface area contributed by atoms with E-state index in [2.05, 4.69) is 19.2 Å². The Bertz CT molecular complexity index is 49.7. The van der Waals surface area contributed by atoms with Gasteiger partial charge in [0.15, 0.2) is 9.76 Å². The van der Waals surface area contributed by atoms with Gasteiger partial charge in [-0.1, -0.05) is 0 Å². The van der Waals surface area contributed by atoms with Crippen LogP contribution >= 0.6 is 0 Å². The van der Waals surface area contributed by atoms with Crippen LogP contribution in [0.5, 0.6) is 0 Å². The normalized spacial score (nSPS) is 12.0. The standard InChI is InChI=1S/C5H15NOSi/c1-5(2)7-8-4-6-3/h5-6H,4,8H2,1-3H3. The van der Waals surface area contributed by atoms with Gasteiger partial charge in [0, 0.05) is 12.3 Å². The van der Waals surface area contributed by atoms with Crippen molar-refractivity contribution >= 4 is 9.76 Å². The molecule has 0 heterocycles. The van der Waals surface area contributed by atoms with Crippen LogP contribution in [-0.4, -0.2) is 29.1 Å². The molecular formula is C5H15NOSi. The van der Waals surface area contributed by atoms with E-state index in [1.165, 1.54) is 0 Å². The molecule has 0 aromatic carbocycles. The SMILES string of the molecule is CNC[SiH2]OC(C)C. The Balaban J connectivity index is 2.72. The Labute approximate surface area is 53.6 Å². The van der Waals surface area contributed by atoms with Crippen LogP contribution in [0.2, 0.25) is 0 Å². The molecule has 0 atom stereocenters. The fourth-order valence-electron chi connectivity index (χ4n) is 0.397. The van der Waals surface area contributed by atoms with Crippen molar-refractivity contribution in [2.75, 3.05) is 13.2 Å².